The SMILES string of the molecule is NS(=O)(=O)c1cc2c(cc1F)CCN2. The van der Waals surface area contributed by atoms with Gasteiger partial charge in [-0.05, 0) is 24.1 Å². The average Bonchev–Trinajstić information content (AvgIpc) is 2.47. The van der Waals surface area contributed by atoms with E-state index in [4.69, 9.17) is 5.14 Å². The summed E-state index contributed by atoms with van der Waals surface area (Å²) in [5.74, 6) is -0.782. The van der Waals surface area contributed by atoms with Crippen LogP contribution in [0.1, 0.15) is 5.56 Å². The van der Waals surface area contributed by atoms with Crippen LogP contribution >= 0.6 is 0 Å². The van der Waals surface area contributed by atoms with E-state index in [1.807, 2.05) is 0 Å². The zero-order valence-electron chi connectivity index (χ0n) is 7.25. The van der Waals surface area contributed by atoms with E-state index in [1.165, 1.54) is 12.1 Å². The lowest BCUT2D eigenvalue weighted by Gasteiger charge is -2.04. The molecule has 1 heterocycles. The predicted molar refractivity (Wildman–Crippen MR) is 50.0 cm³/mol. The molecule has 4 nitrogen and oxygen atoms in total. The fourth-order valence-electron chi connectivity index (χ4n) is 1.52. The average molecular weight is 216 g/mol. The van der Waals surface area contributed by atoms with Gasteiger partial charge < -0.3 is 5.32 Å². The van der Waals surface area contributed by atoms with E-state index in [2.05, 4.69) is 5.32 Å². The zero-order chi connectivity index (χ0) is 10.3. The molecular weight excluding hydrogens is 207 g/mol. The van der Waals surface area contributed by atoms with E-state index in [0.717, 1.165) is 5.56 Å². The Labute approximate surface area is 81.0 Å². The van der Waals surface area contributed by atoms with E-state index in [-0.39, 0.29) is 0 Å². The lowest BCUT2D eigenvalue weighted by atomic mass is 10.2. The van der Waals surface area contributed by atoms with E-state index in [0.29, 0.717) is 18.7 Å². The largest absolute Gasteiger partial charge is 0.384 e. The number of rotatable bonds is 1. The highest BCUT2D eigenvalue weighted by atomic mass is 32.2. The van der Waals surface area contributed by atoms with Crippen molar-refractivity contribution in [1.29, 1.82) is 0 Å². The van der Waals surface area contributed by atoms with Gasteiger partial charge in [0.25, 0.3) is 0 Å². The van der Waals surface area contributed by atoms with E-state index in [1.54, 1.807) is 0 Å². The molecule has 2 rings (SSSR count). The summed E-state index contributed by atoms with van der Waals surface area (Å²) in [5.41, 5.74) is 1.44. The lowest BCUT2D eigenvalue weighted by Crippen LogP contribution is -2.14. The second kappa shape index (κ2) is 2.93. The van der Waals surface area contributed by atoms with Gasteiger partial charge in [-0.15, -0.1) is 0 Å². The molecule has 0 unspecified atom stereocenters. The third kappa shape index (κ3) is 1.46. The number of nitrogens with one attached hydrogen (secondary N) is 1. The lowest BCUT2D eigenvalue weighted by molar-refractivity contribution is 0.567. The molecule has 0 fully saturated rings. The first kappa shape index (κ1) is 9.42. The maximum absolute atomic E-state index is 13.3. The maximum Gasteiger partial charge on any atom is 0.241 e. The van der Waals surface area contributed by atoms with Crippen LogP contribution in [0.5, 0.6) is 0 Å². The summed E-state index contributed by atoms with van der Waals surface area (Å²) in [6.07, 6.45) is 0.706. The minimum atomic E-state index is -3.97. The summed E-state index contributed by atoms with van der Waals surface area (Å²) in [6, 6.07) is 2.46. The Hall–Kier alpha value is -1.14. The number of sulfonamides is 1. The fourth-order valence-corrected chi connectivity index (χ4v) is 2.13. The van der Waals surface area contributed by atoms with Crippen molar-refractivity contribution in [3.05, 3.63) is 23.5 Å². The topological polar surface area (TPSA) is 72.2 Å². The highest BCUT2D eigenvalue weighted by Gasteiger charge is 2.20. The van der Waals surface area contributed by atoms with E-state index >= 15 is 0 Å². The molecule has 0 spiro atoms. The fraction of sp³-hybridized carbons (Fsp3) is 0.250. The molecule has 1 aromatic carbocycles. The van der Waals surface area contributed by atoms with Crippen molar-refractivity contribution < 1.29 is 12.8 Å². The van der Waals surface area contributed by atoms with Crippen LogP contribution in [0.3, 0.4) is 0 Å². The number of nitrogens with two attached hydrogens (primary N) is 1. The van der Waals surface area contributed by atoms with Crippen LogP contribution in [0.25, 0.3) is 0 Å². The second-order valence-corrected chi connectivity index (χ2v) is 4.69. The Morgan fingerprint density at radius 1 is 1.43 bits per heavy atom. The summed E-state index contributed by atoms with van der Waals surface area (Å²) < 4.78 is 35.2. The highest BCUT2D eigenvalue weighted by molar-refractivity contribution is 7.89. The van der Waals surface area contributed by atoms with Crippen LogP contribution in [0.2, 0.25) is 0 Å². The number of primary sulfonamides is 1. The summed E-state index contributed by atoms with van der Waals surface area (Å²) in [7, 11) is -3.97. The maximum atomic E-state index is 13.3. The van der Waals surface area contributed by atoms with E-state index in [9.17, 15) is 12.8 Å². The van der Waals surface area contributed by atoms with Gasteiger partial charge in [-0.2, -0.15) is 0 Å². The molecule has 0 bridgehead atoms. The molecule has 0 saturated heterocycles. The predicted octanol–water partition coefficient (Wildman–Crippen LogP) is 0.441. The molecule has 14 heavy (non-hydrogen) atoms. The molecule has 0 amide bonds. The molecule has 0 atom stereocenters. The quantitative estimate of drug-likeness (QED) is 0.715. The molecule has 0 aromatic heterocycles. The first-order valence-corrected chi connectivity index (χ1v) is 5.62. The van der Waals surface area contributed by atoms with Crippen molar-refractivity contribution >= 4 is 15.7 Å². The third-order valence-electron chi connectivity index (χ3n) is 2.17. The number of hydrogen-bond acceptors (Lipinski definition) is 3. The Bertz CT molecular complexity index is 484. The molecule has 76 valence electrons. The number of hydrogen-bond donors (Lipinski definition) is 2. The van der Waals surface area contributed by atoms with E-state index < -0.39 is 20.7 Å². The summed E-state index contributed by atoms with van der Waals surface area (Å²) >= 11 is 0. The molecule has 1 aliphatic heterocycles. The van der Waals surface area contributed by atoms with Crippen LogP contribution in [-0.4, -0.2) is 15.0 Å². The van der Waals surface area contributed by atoms with Crippen LogP contribution in [0.4, 0.5) is 10.1 Å². The summed E-state index contributed by atoms with van der Waals surface area (Å²) in [5, 5.41) is 7.81. The molecule has 3 N–H and O–H groups in total. The Kier molecular flexibility index (Phi) is 1.97. The van der Waals surface area contributed by atoms with Crippen molar-refractivity contribution in [1.82, 2.24) is 0 Å². The monoisotopic (exact) mass is 216 g/mol. The van der Waals surface area contributed by atoms with Gasteiger partial charge in [-0.1, -0.05) is 0 Å². The van der Waals surface area contributed by atoms with Gasteiger partial charge in [0.15, 0.2) is 0 Å². The third-order valence-corrected chi connectivity index (χ3v) is 3.10. The Balaban J connectivity index is 2.65. The van der Waals surface area contributed by atoms with Crippen LogP contribution in [0.15, 0.2) is 17.0 Å². The normalized spacial score (nSPS) is 15.0. The Morgan fingerprint density at radius 3 is 2.79 bits per heavy atom. The molecule has 6 heteroatoms. The van der Waals surface area contributed by atoms with Gasteiger partial charge >= 0.3 is 0 Å². The first-order valence-electron chi connectivity index (χ1n) is 4.07. The van der Waals surface area contributed by atoms with Gasteiger partial charge in [0.05, 0.1) is 0 Å². The number of benzene rings is 1. The minimum Gasteiger partial charge on any atom is -0.384 e. The smallest absolute Gasteiger partial charge is 0.241 e. The van der Waals surface area contributed by atoms with Crippen molar-refractivity contribution in [3.63, 3.8) is 0 Å². The van der Waals surface area contributed by atoms with Crippen molar-refractivity contribution in [3.8, 4) is 0 Å². The summed E-state index contributed by atoms with van der Waals surface area (Å²) in [6.45, 7) is 0.697. The van der Waals surface area contributed by atoms with Crippen LogP contribution in [-0.2, 0) is 16.4 Å². The van der Waals surface area contributed by atoms with Gasteiger partial charge in [0.2, 0.25) is 10.0 Å². The number of anilines is 1. The van der Waals surface area contributed by atoms with Gasteiger partial charge in [0.1, 0.15) is 10.7 Å². The molecule has 0 radical (unpaired) electrons. The van der Waals surface area contributed by atoms with Gasteiger partial charge in [-0.25, -0.2) is 17.9 Å². The second-order valence-electron chi connectivity index (χ2n) is 3.16. The highest BCUT2D eigenvalue weighted by Crippen LogP contribution is 2.27. The van der Waals surface area contributed by atoms with Gasteiger partial charge in [0, 0.05) is 12.2 Å². The number of fused-ring (bicyclic) bond motifs is 1. The molecule has 0 aliphatic carbocycles. The zero-order valence-corrected chi connectivity index (χ0v) is 8.07. The van der Waals surface area contributed by atoms with Gasteiger partial charge in [-0.3, -0.25) is 0 Å². The van der Waals surface area contributed by atoms with Crippen molar-refractivity contribution in [2.45, 2.75) is 11.3 Å². The Morgan fingerprint density at radius 2 is 2.14 bits per heavy atom. The standard InChI is InChI=1S/C8H9FN2O2S/c9-6-3-5-1-2-11-7(5)4-8(6)14(10,12)13/h3-4,11H,1-2H2,(H2,10,12,13). The minimum absolute atomic E-state index is 0.453. The van der Waals surface area contributed by atoms with Crippen molar-refractivity contribution in [2.24, 2.45) is 5.14 Å². The van der Waals surface area contributed by atoms with Crippen LogP contribution in [0, 0.1) is 5.82 Å². The summed E-state index contributed by atoms with van der Waals surface area (Å²) in [4.78, 5) is -0.453. The van der Waals surface area contributed by atoms with Crippen molar-refractivity contribution in [2.75, 3.05) is 11.9 Å². The molecule has 1 aliphatic rings. The van der Waals surface area contributed by atoms with Crippen LogP contribution < -0.4 is 10.5 Å². The molecule has 1 aromatic rings. The molecule has 0 saturated carbocycles. The molecular formula is C8H9FN2O2S. The first-order chi connectivity index (χ1) is 6.48. The number of halogens is 1.